The molecule has 1 unspecified atom stereocenters. The molecule has 2 N–H and O–H groups in total. The van der Waals surface area contributed by atoms with E-state index in [-0.39, 0.29) is 0 Å². The van der Waals surface area contributed by atoms with Gasteiger partial charge < -0.3 is 10.4 Å². The minimum atomic E-state index is -0.552. The summed E-state index contributed by atoms with van der Waals surface area (Å²) in [6.07, 6.45) is 6.45. The van der Waals surface area contributed by atoms with Crippen LogP contribution in [0.1, 0.15) is 12.0 Å². The molecule has 6 heteroatoms. The molecule has 0 radical (unpaired) electrons. The number of pyridine rings is 1. The third-order valence-electron chi connectivity index (χ3n) is 3.71. The fourth-order valence-corrected chi connectivity index (χ4v) is 3.88. The highest BCUT2D eigenvalue weighted by Gasteiger charge is 2.31. The van der Waals surface area contributed by atoms with E-state index in [1.165, 1.54) is 0 Å². The Bertz CT molecular complexity index is 593. The van der Waals surface area contributed by atoms with Crippen molar-refractivity contribution in [1.82, 2.24) is 20.1 Å². The predicted molar refractivity (Wildman–Crippen MR) is 85.0 cm³/mol. The van der Waals surface area contributed by atoms with Gasteiger partial charge in [0.05, 0.1) is 11.3 Å². The normalized spacial score (nSPS) is 21.8. The highest BCUT2D eigenvalue weighted by atomic mass is 32.2. The quantitative estimate of drug-likeness (QED) is 0.875. The second kappa shape index (κ2) is 6.17. The molecule has 5 nitrogen and oxygen atoms in total. The average Bonchev–Trinajstić information content (AvgIpc) is 3.07. The summed E-state index contributed by atoms with van der Waals surface area (Å²) in [6.45, 7) is 1.34. The van der Waals surface area contributed by atoms with Crippen molar-refractivity contribution in [2.24, 2.45) is 7.05 Å². The molecule has 1 atom stereocenters. The Balaban J connectivity index is 1.68. The summed E-state index contributed by atoms with van der Waals surface area (Å²) in [4.78, 5) is 4.05. The lowest BCUT2D eigenvalue weighted by Crippen LogP contribution is -2.40. The minimum Gasteiger partial charge on any atom is -0.388 e. The fraction of sp³-hybridized carbons (Fsp3) is 0.467. The smallest absolute Gasteiger partial charge is 0.0969 e. The Hall–Kier alpha value is -1.37. The lowest BCUT2D eigenvalue weighted by atomic mass is 10.0. The molecule has 21 heavy (non-hydrogen) atoms. The number of hydrogen-bond donors (Lipinski definition) is 2. The van der Waals surface area contributed by atoms with E-state index in [2.05, 4.69) is 15.4 Å². The van der Waals surface area contributed by atoms with Crippen LogP contribution in [0.25, 0.3) is 11.3 Å². The van der Waals surface area contributed by atoms with Crippen LogP contribution in [-0.2, 0) is 13.6 Å². The van der Waals surface area contributed by atoms with Crippen LogP contribution in [0.2, 0.25) is 0 Å². The fourth-order valence-electron chi connectivity index (χ4n) is 2.59. The van der Waals surface area contributed by atoms with Crippen molar-refractivity contribution in [3.8, 4) is 11.3 Å². The molecule has 0 spiro atoms. The molecular weight excluding hydrogens is 284 g/mol. The second-order valence-electron chi connectivity index (χ2n) is 5.54. The van der Waals surface area contributed by atoms with E-state index in [4.69, 9.17) is 0 Å². The first-order valence-corrected chi connectivity index (χ1v) is 8.26. The van der Waals surface area contributed by atoms with Crippen LogP contribution < -0.4 is 5.32 Å². The minimum absolute atomic E-state index is 0.552. The van der Waals surface area contributed by atoms with Crippen molar-refractivity contribution in [2.75, 3.05) is 18.1 Å². The van der Waals surface area contributed by atoms with Crippen molar-refractivity contribution < 1.29 is 5.11 Å². The summed E-state index contributed by atoms with van der Waals surface area (Å²) in [7, 11) is 1.93. The van der Waals surface area contributed by atoms with E-state index in [1.807, 2.05) is 41.8 Å². The van der Waals surface area contributed by atoms with E-state index in [9.17, 15) is 5.11 Å². The molecule has 1 aliphatic rings. The first-order chi connectivity index (χ1) is 10.2. The number of nitrogens with zero attached hydrogens (tertiary/aromatic N) is 3. The molecule has 112 valence electrons. The standard InChI is InChI=1S/C15H20N4OS/c1-19-9-13(8-17-10-15(20)4-7-21-11-15)14(18-19)12-2-5-16-6-3-12/h2-3,5-6,9,17,20H,4,7-8,10-11H2,1H3. The molecule has 3 rings (SSSR count). The van der Waals surface area contributed by atoms with Crippen molar-refractivity contribution in [3.63, 3.8) is 0 Å². The Morgan fingerprint density at radius 1 is 1.43 bits per heavy atom. The van der Waals surface area contributed by atoms with Crippen molar-refractivity contribution >= 4 is 11.8 Å². The Labute approximate surface area is 128 Å². The molecule has 0 aliphatic carbocycles. The molecule has 1 fully saturated rings. The molecule has 3 heterocycles. The van der Waals surface area contributed by atoms with Gasteiger partial charge in [0.25, 0.3) is 0 Å². The van der Waals surface area contributed by atoms with Gasteiger partial charge in [-0.25, -0.2) is 0 Å². The molecule has 1 saturated heterocycles. The molecule has 2 aromatic heterocycles. The van der Waals surface area contributed by atoms with E-state index >= 15 is 0 Å². The van der Waals surface area contributed by atoms with E-state index < -0.39 is 5.60 Å². The number of rotatable bonds is 5. The molecular formula is C15H20N4OS. The number of thioether (sulfide) groups is 1. The van der Waals surface area contributed by atoms with Gasteiger partial charge in [-0.2, -0.15) is 16.9 Å². The summed E-state index contributed by atoms with van der Waals surface area (Å²) >= 11 is 1.82. The van der Waals surface area contributed by atoms with Crippen molar-refractivity contribution in [3.05, 3.63) is 36.3 Å². The zero-order chi connectivity index (χ0) is 14.7. The van der Waals surface area contributed by atoms with Crippen LogP contribution in [0, 0.1) is 0 Å². The third-order valence-corrected chi connectivity index (χ3v) is 4.94. The van der Waals surface area contributed by atoms with Gasteiger partial charge in [-0.1, -0.05) is 0 Å². The maximum Gasteiger partial charge on any atom is 0.0969 e. The summed E-state index contributed by atoms with van der Waals surface area (Å²) in [5, 5.41) is 18.3. The maximum absolute atomic E-state index is 10.3. The van der Waals surface area contributed by atoms with Crippen LogP contribution >= 0.6 is 11.8 Å². The van der Waals surface area contributed by atoms with Crippen LogP contribution in [0.5, 0.6) is 0 Å². The number of aliphatic hydroxyl groups is 1. The molecule has 1 aliphatic heterocycles. The van der Waals surface area contributed by atoms with Gasteiger partial charge in [-0.3, -0.25) is 9.67 Å². The lowest BCUT2D eigenvalue weighted by molar-refractivity contribution is 0.0675. The zero-order valence-corrected chi connectivity index (χ0v) is 12.9. The van der Waals surface area contributed by atoms with Crippen LogP contribution in [0.3, 0.4) is 0 Å². The van der Waals surface area contributed by atoms with Crippen molar-refractivity contribution in [2.45, 2.75) is 18.6 Å². The van der Waals surface area contributed by atoms with Gasteiger partial charge in [-0.05, 0) is 24.3 Å². The molecule has 0 aromatic carbocycles. The van der Waals surface area contributed by atoms with E-state index in [0.717, 1.165) is 34.7 Å². The second-order valence-corrected chi connectivity index (χ2v) is 6.65. The highest BCUT2D eigenvalue weighted by Crippen LogP contribution is 2.27. The third kappa shape index (κ3) is 3.45. The Morgan fingerprint density at radius 2 is 2.24 bits per heavy atom. The van der Waals surface area contributed by atoms with Crippen molar-refractivity contribution in [1.29, 1.82) is 0 Å². The summed E-state index contributed by atoms with van der Waals surface area (Å²) in [6, 6.07) is 3.93. The largest absolute Gasteiger partial charge is 0.388 e. The first kappa shape index (κ1) is 14.6. The summed E-state index contributed by atoms with van der Waals surface area (Å²) in [5.41, 5.74) is 2.62. The Kier molecular flexibility index (Phi) is 4.28. The van der Waals surface area contributed by atoms with E-state index in [1.54, 1.807) is 12.4 Å². The predicted octanol–water partition coefficient (Wildman–Crippen LogP) is 1.44. The lowest BCUT2D eigenvalue weighted by Gasteiger charge is -2.21. The summed E-state index contributed by atoms with van der Waals surface area (Å²) in [5.74, 6) is 1.87. The zero-order valence-electron chi connectivity index (χ0n) is 12.1. The maximum atomic E-state index is 10.3. The van der Waals surface area contributed by atoms with Gasteiger partial charge in [0.15, 0.2) is 0 Å². The van der Waals surface area contributed by atoms with Gasteiger partial charge in [0.1, 0.15) is 0 Å². The van der Waals surface area contributed by atoms with Gasteiger partial charge >= 0.3 is 0 Å². The average molecular weight is 304 g/mol. The topological polar surface area (TPSA) is 63.0 Å². The molecule has 0 bridgehead atoms. The summed E-state index contributed by atoms with van der Waals surface area (Å²) < 4.78 is 1.83. The van der Waals surface area contributed by atoms with Crippen LogP contribution in [-0.4, -0.2) is 43.5 Å². The molecule has 0 amide bonds. The van der Waals surface area contributed by atoms with Crippen LogP contribution in [0.15, 0.2) is 30.7 Å². The van der Waals surface area contributed by atoms with Gasteiger partial charge in [-0.15, -0.1) is 0 Å². The van der Waals surface area contributed by atoms with Gasteiger partial charge in [0.2, 0.25) is 0 Å². The number of hydrogen-bond acceptors (Lipinski definition) is 5. The SMILES string of the molecule is Cn1cc(CNCC2(O)CCSC2)c(-c2ccncc2)n1. The van der Waals surface area contributed by atoms with Crippen LogP contribution in [0.4, 0.5) is 0 Å². The monoisotopic (exact) mass is 304 g/mol. The Morgan fingerprint density at radius 3 is 2.95 bits per heavy atom. The highest BCUT2D eigenvalue weighted by molar-refractivity contribution is 7.99. The number of aryl methyl sites for hydroxylation is 1. The number of nitrogens with one attached hydrogen (secondary N) is 1. The van der Waals surface area contributed by atoms with E-state index in [0.29, 0.717) is 13.1 Å². The van der Waals surface area contributed by atoms with Gasteiger partial charge in [0, 0.05) is 55.6 Å². The molecule has 0 saturated carbocycles. The first-order valence-electron chi connectivity index (χ1n) is 7.10. The molecule has 2 aromatic rings. The number of aromatic nitrogens is 3.